The highest BCUT2D eigenvalue weighted by molar-refractivity contribution is 7.86. The van der Waals surface area contributed by atoms with Crippen molar-refractivity contribution in [3.05, 3.63) is 23.8 Å². The Morgan fingerprint density at radius 2 is 2.00 bits per heavy atom. The number of Topliss-reactive ketones (excluding diaryl/α,β-unsaturated/α-hetero) is 1. The van der Waals surface area contributed by atoms with E-state index in [9.17, 15) is 28.0 Å². The van der Waals surface area contributed by atoms with Crippen LogP contribution in [0.1, 0.15) is 46.0 Å². The number of fused-ring (bicyclic) bond motifs is 1. The van der Waals surface area contributed by atoms with Crippen LogP contribution in [0.15, 0.2) is 23.8 Å². The highest BCUT2D eigenvalue weighted by Gasteiger charge is 2.57. The van der Waals surface area contributed by atoms with Gasteiger partial charge in [-0.05, 0) is 49.4 Å². The Labute approximate surface area is 166 Å². The van der Waals surface area contributed by atoms with E-state index in [4.69, 9.17) is 4.74 Å². The van der Waals surface area contributed by atoms with Crippen LogP contribution in [0.5, 0.6) is 0 Å². The van der Waals surface area contributed by atoms with Crippen LogP contribution in [0.2, 0.25) is 0 Å². The first kappa shape index (κ1) is 21.6. The first-order valence-corrected chi connectivity index (χ1v) is 11.2. The number of hydrogen-bond donors (Lipinski definition) is 3. The van der Waals surface area contributed by atoms with Gasteiger partial charge in [-0.2, -0.15) is 8.42 Å². The molecule has 0 aromatic rings. The zero-order chi connectivity index (χ0) is 20.9. The molecule has 3 aliphatic rings. The van der Waals surface area contributed by atoms with Gasteiger partial charge in [0.25, 0.3) is 10.1 Å². The molecule has 3 rings (SSSR count). The molecular weight excluding hydrogens is 384 g/mol. The highest BCUT2D eigenvalue weighted by Crippen LogP contribution is 2.61. The van der Waals surface area contributed by atoms with Gasteiger partial charge < -0.3 is 14.9 Å². The van der Waals surface area contributed by atoms with Gasteiger partial charge in [-0.3, -0.25) is 9.35 Å². The topological polar surface area (TPSA) is 121 Å². The summed E-state index contributed by atoms with van der Waals surface area (Å²) in [5.74, 6) is -0.381. The monoisotopic (exact) mass is 414 g/mol. The van der Waals surface area contributed by atoms with Crippen molar-refractivity contribution < 1.29 is 32.7 Å². The molecule has 28 heavy (non-hydrogen) atoms. The number of ketones is 1. The molecule has 8 heteroatoms. The van der Waals surface area contributed by atoms with Crippen LogP contribution in [0.25, 0.3) is 0 Å². The number of aliphatic hydroxyl groups excluding tert-OH is 2. The zero-order valence-corrected chi connectivity index (χ0v) is 17.2. The Bertz CT molecular complexity index is 801. The molecule has 0 aromatic carbocycles. The Hall–Kier alpha value is -1.06. The van der Waals surface area contributed by atoms with E-state index in [1.54, 1.807) is 6.08 Å². The summed E-state index contributed by atoms with van der Waals surface area (Å²) in [5, 5.41) is 20.6. The minimum absolute atomic E-state index is 0.0208. The Morgan fingerprint density at radius 1 is 1.32 bits per heavy atom. The molecule has 3 N–H and O–H groups in total. The van der Waals surface area contributed by atoms with Crippen LogP contribution >= 0.6 is 0 Å². The molecule has 0 bridgehead atoms. The number of rotatable bonds is 4. The van der Waals surface area contributed by atoms with Gasteiger partial charge in [0.15, 0.2) is 5.78 Å². The van der Waals surface area contributed by atoms with Crippen molar-refractivity contribution in [2.45, 2.75) is 57.5 Å². The minimum Gasteiger partial charge on any atom is -0.396 e. The van der Waals surface area contributed by atoms with Gasteiger partial charge in [0, 0.05) is 11.0 Å². The number of carbonyl (C=O) groups excluding carboxylic acids is 1. The lowest BCUT2D eigenvalue weighted by Crippen LogP contribution is -2.57. The molecule has 6 atom stereocenters. The molecule has 1 saturated heterocycles. The molecule has 0 radical (unpaired) electrons. The molecule has 0 aromatic heterocycles. The number of carbonyl (C=O) groups is 1. The molecule has 2 aliphatic carbocycles. The first-order chi connectivity index (χ1) is 12.9. The van der Waals surface area contributed by atoms with Gasteiger partial charge in [0.1, 0.15) is 6.61 Å². The van der Waals surface area contributed by atoms with E-state index in [2.05, 4.69) is 13.5 Å². The fraction of sp³-hybridized carbons (Fsp3) is 0.750. The highest BCUT2D eigenvalue weighted by atomic mass is 32.2. The van der Waals surface area contributed by atoms with Crippen LogP contribution in [0, 0.1) is 22.7 Å². The third-order valence-electron chi connectivity index (χ3n) is 7.48. The second kappa shape index (κ2) is 7.32. The molecule has 3 fully saturated rings. The van der Waals surface area contributed by atoms with E-state index < -0.39 is 32.9 Å². The smallest absolute Gasteiger partial charge is 0.296 e. The summed E-state index contributed by atoms with van der Waals surface area (Å²) >= 11 is 0. The van der Waals surface area contributed by atoms with Gasteiger partial charge in [-0.1, -0.05) is 32.1 Å². The van der Waals surface area contributed by atoms with Gasteiger partial charge in [0.2, 0.25) is 5.44 Å². The average Bonchev–Trinajstić information content (AvgIpc) is 2.99. The van der Waals surface area contributed by atoms with Crippen LogP contribution in [0.4, 0.5) is 0 Å². The van der Waals surface area contributed by atoms with Crippen molar-refractivity contribution >= 4 is 15.9 Å². The predicted molar refractivity (Wildman–Crippen MR) is 103 cm³/mol. The summed E-state index contributed by atoms with van der Waals surface area (Å²) < 4.78 is 37.3. The van der Waals surface area contributed by atoms with Crippen molar-refractivity contribution in [3.63, 3.8) is 0 Å². The van der Waals surface area contributed by atoms with Gasteiger partial charge in [-0.15, -0.1) is 0 Å². The maximum Gasteiger partial charge on any atom is 0.296 e. The second-order valence-electron chi connectivity index (χ2n) is 9.00. The second-order valence-corrected chi connectivity index (χ2v) is 10.5. The van der Waals surface area contributed by atoms with Crippen molar-refractivity contribution in [1.29, 1.82) is 0 Å². The molecule has 1 heterocycles. The van der Waals surface area contributed by atoms with Crippen LogP contribution in [-0.2, 0) is 19.6 Å². The van der Waals surface area contributed by atoms with E-state index in [0.717, 1.165) is 24.8 Å². The van der Waals surface area contributed by atoms with Crippen LogP contribution in [0.3, 0.4) is 0 Å². The van der Waals surface area contributed by atoms with E-state index >= 15 is 0 Å². The normalized spacial score (nSPS) is 43.4. The largest absolute Gasteiger partial charge is 0.396 e. The van der Waals surface area contributed by atoms with E-state index in [0.29, 0.717) is 12.8 Å². The van der Waals surface area contributed by atoms with E-state index in [-0.39, 0.29) is 36.0 Å². The third-order valence-corrected chi connectivity index (χ3v) is 8.41. The Morgan fingerprint density at radius 3 is 2.61 bits per heavy atom. The number of ether oxygens (including phenoxy) is 1. The predicted octanol–water partition coefficient (Wildman–Crippen LogP) is 1.86. The third kappa shape index (κ3) is 3.39. The van der Waals surface area contributed by atoms with Crippen molar-refractivity contribution in [2.75, 3.05) is 13.2 Å². The molecule has 2 saturated carbocycles. The van der Waals surface area contributed by atoms with Crippen molar-refractivity contribution in [3.8, 4) is 0 Å². The van der Waals surface area contributed by atoms with Crippen LogP contribution in [-0.4, -0.2) is 53.7 Å². The molecule has 7 nitrogen and oxygen atoms in total. The van der Waals surface area contributed by atoms with Gasteiger partial charge >= 0.3 is 0 Å². The van der Waals surface area contributed by atoms with Crippen LogP contribution < -0.4 is 0 Å². The fourth-order valence-electron chi connectivity index (χ4n) is 5.79. The number of aliphatic hydroxyl groups is 2. The quantitative estimate of drug-likeness (QED) is 0.365. The summed E-state index contributed by atoms with van der Waals surface area (Å²) in [4.78, 5) is 12.1. The SMILES string of the molecule is C=C1CCC2[C@](C)(CO)[C@H](O)CC[C@@]2(C)[C@@H]1C/C=C1\C(=O)COC1S(=O)(=O)O. The summed E-state index contributed by atoms with van der Waals surface area (Å²) in [6.45, 7) is 7.81. The standard InChI is InChI=1S/C20H30O7S/c1-12-4-7-16-19(2,9-8-17(23)20(16,3)11-21)14(12)6-5-13-15(22)10-27-18(13)28(24,25)26/h5,14,16-18,21,23H,1,4,6-11H2,2-3H3,(H,24,25,26)/b13-5+/t14-,16?,17-,18?,19+,20+/m1/s1. The maximum atomic E-state index is 12.1. The lowest BCUT2D eigenvalue weighted by molar-refractivity contribution is -0.151. The van der Waals surface area contributed by atoms with Crippen molar-refractivity contribution in [2.24, 2.45) is 22.7 Å². The molecule has 0 spiro atoms. The number of hydrogen-bond acceptors (Lipinski definition) is 6. The zero-order valence-electron chi connectivity index (χ0n) is 16.4. The first-order valence-electron chi connectivity index (χ1n) is 9.73. The summed E-state index contributed by atoms with van der Waals surface area (Å²) in [5.41, 5.74) is -1.47. The summed E-state index contributed by atoms with van der Waals surface area (Å²) in [7, 11) is -4.52. The minimum atomic E-state index is -4.52. The summed E-state index contributed by atoms with van der Waals surface area (Å²) in [6.07, 6.45) is 4.30. The number of allylic oxidation sites excluding steroid dienone is 2. The molecule has 0 amide bonds. The van der Waals surface area contributed by atoms with Gasteiger partial charge in [-0.25, -0.2) is 0 Å². The molecule has 158 valence electrons. The molecule has 1 aliphatic heterocycles. The summed E-state index contributed by atoms with van der Waals surface area (Å²) in [6, 6.07) is 0. The van der Waals surface area contributed by atoms with Crippen molar-refractivity contribution in [1.82, 2.24) is 0 Å². The molecule has 2 unspecified atom stereocenters. The molecular formula is C20H30O7S. The van der Waals surface area contributed by atoms with E-state index in [1.165, 1.54) is 0 Å². The van der Waals surface area contributed by atoms with Gasteiger partial charge in [0.05, 0.1) is 12.7 Å². The lowest BCUT2D eigenvalue weighted by Gasteiger charge is -2.59. The van der Waals surface area contributed by atoms with E-state index in [1.807, 2.05) is 6.92 Å². The Balaban J connectivity index is 1.93. The Kier molecular flexibility index (Phi) is 5.66. The lowest BCUT2D eigenvalue weighted by atomic mass is 9.46. The maximum absolute atomic E-state index is 12.1. The average molecular weight is 415 g/mol. The fourth-order valence-corrected chi connectivity index (χ4v) is 6.58.